The predicted octanol–water partition coefficient (Wildman–Crippen LogP) is 2.83. The smallest absolute Gasteiger partial charge is 0.328 e. The maximum atomic E-state index is 12.5. The van der Waals surface area contributed by atoms with Gasteiger partial charge in [0.25, 0.3) is 11.8 Å². The minimum Gasteiger partial charge on any atom is -0.328 e. The predicted molar refractivity (Wildman–Crippen MR) is 86.3 cm³/mol. The number of carbonyl (C=O) groups excluding carboxylic acids is 3. The Morgan fingerprint density at radius 1 is 1.13 bits per heavy atom. The van der Waals surface area contributed by atoms with Gasteiger partial charge in [-0.15, -0.1) is 23.1 Å². The maximum Gasteiger partial charge on any atom is 0.350 e. The summed E-state index contributed by atoms with van der Waals surface area (Å²) in [4.78, 5) is 43.3. The molecule has 2 aliphatic rings. The largest absolute Gasteiger partial charge is 0.350 e. The van der Waals surface area contributed by atoms with Crippen LogP contribution in [0, 0.1) is 0 Å². The van der Waals surface area contributed by atoms with E-state index in [2.05, 4.69) is 0 Å². The topological polar surface area (TPSA) is 63.7 Å². The molecule has 2 aliphatic heterocycles. The summed E-state index contributed by atoms with van der Waals surface area (Å²) in [6.45, 7) is 0. The number of nitrogens with zero attached hydrogens (tertiary/aromatic N) is 1. The number of imide groups is 1. The summed E-state index contributed by atoms with van der Waals surface area (Å²) >= 11 is 3.08. The summed E-state index contributed by atoms with van der Waals surface area (Å²) in [5.74, 6) is -0.950. The molecule has 7 heteroatoms. The minimum absolute atomic E-state index is 0.262. The number of hydrogen-bond donors (Lipinski definition) is 0. The Bertz CT molecular complexity index is 794. The van der Waals surface area contributed by atoms with Gasteiger partial charge in [-0.25, -0.2) is 4.79 Å². The lowest BCUT2D eigenvalue weighted by molar-refractivity contribution is -0.168. The number of amides is 2. The van der Waals surface area contributed by atoms with Crippen molar-refractivity contribution in [2.75, 3.05) is 5.75 Å². The van der Waals surface area contributed by atoms with E-state index < -0.39 is 23.0 Å². The molecule has 0 fully saturated rings. The van der Waals surface area contributed by atoms with E-state index in [1.165, 1.54) is 11.8 Å². The van der Waals surface area contributed by atoms with Gasteiger partial charge in [0.2, 0.25) is 0 Å². The third-order valence-corrected chi connectivity index (χ3v) is 6.04. The van der Waals surface area contributed by atoms with Gasteiger partial charge in [-0.3, -0.25) is 9.59 Å². The van der Waals surface area contributed by atoms with Crippen molar-refractivity contribution in [2.45, 2.75) is 11.7 Å². The first kappa shape index (κ1) is 14.5. The van der Waals surface area contributed by atoms with E-state index in [1.807, 2.05) is 11.4 Å². The molecule has 2 aromatic rings. The van der Waals surface area contributed by atoms with E-state index in [-0.39, 0.29) is 11.1 Å². The second kappa shape index (κ2) is 5.50. The van der Waals surface area contributed by atoms with Crippen LogP contribution < -0.4 is 0 Å². The lowest BCUT2D eigenvalue weighted by Crippen LogP contribution is -2.34. The van der Waals surface area contributed by atoms with Crippen LogP contribution in [0.2, 0.25) is 0 Å². The van der Waals surface area contributed by atoms with Crippen molar-refractivity contribution in [2.24, 2.45) is 0 Å². The number of carbonyl (C=O) groups is 3. The van der Waals surface area contributed by atoms with Crippen LogP contribution in [-0.2, 0) is 16.1 Å². The summed E-state index contributed by atoms with van der Waals surface area (Å²) in [7, 11) is 0. The molecule has 1 aromatic carbocycles. The Morgan fingerprint density at radius 2 is 1.83 bits per heavy atom. The molecule has 23 heavy (non-hydrogen) atoms. The Balaban J connectivity index is 1.57. The van der Waals surface area contributed by atoms with E-state index in [0.717, 1.165) is 22.6 Å². The Kier molecular flexibility index (Phi) is 3.46. The van der Waals surface area contributed by atoms with Crippen LogP contribution in [0.3, 0.4) is 0 Å². The molecule has 0 saturated heterocycles. The molecule has 2 amide bonds. The quantitative estimate of drug-likeness (QED) is 0.783. The lowest BCUT2D eigenvalue weighted by Gasteiger charge is -2.22. The molecule has 0 N–H and O–H groups in total. The second-order valence-corrected chi connectivity index (χ2v) is 7.37. The molecule has 0 aliphatic carbocycles. The number of thioether (sulfide) groups is 1. The first-order valence-electron chi connectivity index (χ1n) is 7.04. The Hall–Kier alpha value is -2.12. The SMILES string of the molecule is O=C(ON1C(=O)c2ccccc2C1=O)C1SCCc2sccc21. The fourth-order valence-corrected chi connectivity index (χ4v) is 4.99. The highest BCUT2D eigenvalue weighted by molar-refractivity contribution is 8.00. The Labute approximate surface area is 140 Å². The average Bonchev–Trinajstić information content (AvgIpc) is 3.14. The number of fused-ring (bicyclic) bond motifs is 2. The Morgan fingerprint density at radius 3 is 2.52 bits per heavy atom. The molecule has 1 unspecified atom stereocenters. The highest BCUT2D eigenvalue weighted by atomic mass is 32.2. The summed E-state index contributed by atoms with van der Waals surface area (Å²) in [5, 5.41) is 2.03. The van der Waals surface area contributed by atoms with Crippen molar-refractivity contribution in [1.29, 1.82) is 0 Å². The van der Waals surface area contributed by atoms with Gasteiger partial charge in [-0.1, -0.05) is 17.2 Å². The lowest BCUT2D eigenvalue weighted by atomic mass is 10.1. The highest BCUT2D eigenvalue weighted by Crippen LogP contribution is 2.40. The van der Waals surface area contributed by atoms with E-state index in [0.29, 0.717) is 5.06 Å². The van der Waals surface area contributed by atoms with Gasteiger partial charge in [0.05, 0.1) is 11.1 Å². The molecule has 0 spiro atoms. The summed E-state index contributed by atoms with van der Waals surface area (Å²) < 4.78 is 0. The summed E-state index contributed by atoms with van der Waals surface area (Å²) in [5.41, 5.74) is 1.45. The van der Waals surface area contributed by atoms with Gasteiger partial charge in [0.1, 0.15) is 5.25 Å². The molecule has 0 radical (unpaired) electrons. The average molecular weight is 345 g/mol. The molecule has 1 aromatic heterocycles. The zero-order valence-corrected chi connectivity index (χ0v) is 13.5. The maximum absolute atomic E-state index is 12.5. The monoisotopic (exact) mass is 345 g/mol. The standard InChI is InChI=1S/C16H11NO4S2/c18-14-9-3-1-2-4-10(9)15(19)17(14)21-16(20)13-11-5-7-22-12(11)6-8-23-13/h1-5,7,13H,6,8H2. The van der Waals surface area contributed by atoms with Crippen LogP contribution in [0.4, 0.5) is 0 Å². The summed E-state index contributed by atoms with van der Waals surface area (Å²) in [6, 6.07) is 8.35. The van der Waals surface area contributed by atoms with Gasteiger partial charge in [0, 0.05) is 4.88 Å². The first-order chi connectivity index (χ1) is 11.2. The number of hydrogen-bond acceptors (Lipinski definition) is 6. The molecule has 0 saturated carbocycles. The molecule has 116 valence electrons. The third kappa shape index (κ3) is 2.27. The molecular formula is C16H11NO4S2. The van der Waals surface area contributed by atoms with Crippen molar-refractivity contribution in [3.05, 3.63) is 57.3 Å². The van der Waals surface area contributed by atoms with Crippen LogP contribution in [-0.4, -0.2) is 28.6 Å². The fourth-order valence-electron chi connectivity index (χ4n) is 2.73. The molecule has 1 atom stereocenters. The van der Waals surface area contributed by atoms with E-state index in [9.17, 15) is 14.4 Å². The van der Waals surface area contributed by atoms with Crippen molar-refractivity contribution >= 4 is 40.9 Å². The summed E-state index contributed by atoms with van der Waals surface area (Å²) in [6.07, 6.45) is 0.925. The van der Waals surface area contributed by atoms with Gasteiger partial charge in [0.15, 0.2) is 0 Å². The van der Waals surface area contributed by atoms with Crippen LogP contribution in [0.25, 0.3) is 0 Å². The molecule has 0 bridgehead atoms. The van der Waals surface area contributed by atoms with Gasteiger partial charge >= 0.3 is 5.97 Å². The number of benzene rings is 1. The van der Waals surface area contributed by atoms with Gasteiger partial charge < -0.3 is 4.84 Å². The van der Waals surface area contributed by atoms with Crippen molar-refractivity contribution in [3.63, 3.8) is 0 Å². The van der Waals surface area contributed by atoms with Crippen LogP contribution in [0.5, 0.6) is 0 Å². The molecule has 3 heterocycles. The minimum atomic E-state index is -0.592. The van der Waals surface area contributed by atoms with E-state index >= 15 is 0 Å². The number of thiophene rings is 1. The zero-order valence-electron chi connectivity index (χ0n) is 11.9. The van der Waals surface area contributed by atoms with Crippen molar-refractivity contribution in [3.8, 4) is 0 Å². The number of hydroxylamine groups is 2. The van der Waals surface area contributed by atoms with Crippen LogP contribution in [0.15, 0.2) is 35.7 Å². The van der Waals surface area contributed by atoms with Gasteiger partial charge in [-0.2, -0.15) is 0 Å². The molecule has 5 nitrogen and oxygen atoms in total. The normalized spacial score (nSPS) is 19.5. The van der Waals surface area contributed by atoms with E-state index in [1.54, 1.807) is 35.6 Å². The van der Waals surface area contributed by atoms with Crippen molar-refractivity contribution < 1.29 is 19.2 Å². The number of rotatable bonds is 2. The highest BCUT2D eigenvalue weighted by Gasteiger charge is 2.40. The van der Waals surface area contributed by atoms with Gasteiger partial charge in [-0.05, 0) is 41.3 Å². The van der Waals surface area contributed by atoms with Crippen LogP contribution >= 0.6 is 23.1 Å². The fraction of sp³-hybridized carbons (Fsp3) is 0.188. The third-order valence-electron chi connectivity index (χ3n) is 3.83. The zero-order chi connectivity index (χ0) is 16.0. The number of aryl methyl sites for hydroxylation is 1. The first-order valence-corrected chi connectivity index (χ1v) is 8.97. The molecular weight excluding hydrogens is 334 g/mol. The second-order valence-electron chi connectivity index (χ2n) is 5.16. The van der Waals surface area contributed by atoms with E-state index in [4.69, 9.17) is 4.84 Å². The van der Waals surface area contributed by atoms with Crippen molar-refractivity contribution in [1.82, 2.24) is 5.06 Å². The molecule has 4 rings (SSSR count). The van der Waals surface area contributed by atoms with Crippen LogP contribution in [0.1, 0.15) is 36.4 Å².